The fraction of sp³-hybridized carbons (Fsp3) is 0.357. The van der Waals surface area contributed by atoms with Crippen LogP contribution < -0.4 is 0 Å². The monoisotopic (exact) mass is 374 g/mol. The molecule has 0 bridgehead atoms. The van der Waals surface area contributed by atoms with E-state index in [2.05, 4.69) is 104 Å². The van der Waals surface area contributed by atoms with Crippen molar-refractivity contribution in [3.63, 3.8) is 0 Å². The molecular formula is C28H38. The van der Waals surface area contributed by atoms with Gasteiger partial charge in [-0.15, -0.1) is 0 Å². The third-order valence-corrected chi connectivity index (χ3v) is 4.50. The van der Waals surface area contributed by atoms with Gasteiger partial charge in [0.25, 0.3) is 0 Å². The zero-order valence-corrected chi connectivity index (χ0v) is 19.1. The topological polar surface area (TPSA) is 0 Å². The van der Waals surface area contributed by atoms with Gasteiger partial charge in [-0.1, -0.05) is 138 Å². The summed E-state index contributed by atoms with van der Waals surface area (Å²) in [5.74, 6) is 0. The Morgan fingerprint density at radius 1 is 0.393 bits per heavy atom. The van der Waals surface area contributed by atoms with Crippen LogP contribution in [-0.2, 0) is 10.8 Å². The summed E-state index contributed by atoms with van der Waals surface area (Å²) >= 11 is 0. The number of hydrogen-bond acceptors (Lipinski definition) is 0. The Morgan fingerprint density at radius 2 is 0.607 bits per heavy atom. The number of hydrogen-bond donors (Lipinski definition) is 0. The van der Waals surface area contributed by atoms with Crippen LogP contribution in [0.15, 0.2) is 84.9 Å². The number of rotatable bonds is 0. The van der Waals surface area contributed by atoms with E-state index in [9.17, 15) is 0 Å². The minimum Gasteiger partial charge on any atom is -0.0623 e. The van der Waals surface area contributed by atoms with E-state index in [1.807, 2.05) is 36.4 Å². The Balaban J connectivity index is 0.000000219. The predicted octanol–water partition coefficient (Wildman–Crippen LogP) is 8.27. The van der Waals surface area contributed by atoms with Gasteiger partial charge >= 0.3 is 0 Å². The highest BCUT2D eigenvalue weighted by Gasteiger charge is 2.12. The molecule has 0 aliphatic heterocycles. The summed E-state index contributed by atoms with van der Waals surface area (Å²) in [6.45, 7) is 17.6. The summed E-state index contributed by atoms with van der Waals surface area (Å²) in [6, 6.07) is 29.5. The molecule has 0 nitrogen and oxygen atoms in total. The molecule has 0 atom stereocenters. The van der Waals surface area contributed by atoms with E-state index in [1.165, 1.54) is 22.3 Å². The number of aryl methyl sites for hydroxylation is 2. The first kappa shape index (κ1) is 23.7. The van der Waals surface area contributed by atoms with Crippen molar-refractivity contribution in [2.45, 2.75) is 66.2 Å². The van der Waals surface area contributed by atoms with Crippen LogP contribution in [-0.4, -0.2) is 0 Å². The molecule has 0 spiro atoms. The average molecular weight is 375 g/mol. The Kier molecular flexibility index (Phi) is 9.19. The van der Waals surface area contributed by atoms with Crippen LogP contribution in [0, 0.1) is 13.8 Å². The second-order valence-corrected chi connectivity index (χ2v) is 9.39. The summed E-state index contributed by atoms with van der Waals surface area (Å²) < 4.78 is 0. The van der Waals surface area contributed by atoms with Gasteiger partial charge in [0.05, 0.1) is 0 Å². The Morgan fingerprint density at radius 3 is 0.786 bits per heavy atom. The standard InChI is InChI=1S/2C11H16.C6H6/c2*1-9-5-7-10(8-6-9)11(2,3)4;1-2-4-6-5-3-1/h2*5-8H,1-4H3;1-6H. The lowest BCUT2D eigenvalue weighted by atomic mass is 9.87. The van der Waals surface area contributed by atoms with Gasteiger partial charge in [-0.2, -0.15) is 0 Å². The SMILES string of the molecule is Cc1ccc(C(C)(C)C)cc1.Cc1ccc(C(C)(C)C)cc1.c1ccccc1. The second kappa shape index (κ2) is 10.9. The first-order chi connectivity index (χ1) is 13.0. The fourth-order valence-electron chi connectivity index (χ4n) is 2.49. The Bertz CT molecular complexity index is 682. The zero-order chi connectivity index (χ0) is 21.2. The molecule has 0 saturated carbocycles. The van der Waals surface area contributed by atoms with Crippen molar-refractivity contribution in [1.82, 2.24) is 0 Å². The molecule has 3 rings (SSSR count). The smallest absolute Gasteiger partial charge is 0.0132 e. The average Bonchev–Trinajstić information content (AvgIpc) is 2.63. The van der Waals surface area contributed by atoms with Gasteiger partial charge in [0, 0.05) is 0 Å². The van der Waals surface area contributed by atoms with Crippen molar-refractivity contribution in [3.8, 4) is 0 Å². The van der Waals surface area contributed by atoms with Crippen LogP contribution in [0.25, 0.3) is 0 Å². The maximum absolute atomic E-state index is 2.23. The molecule has 0 heteroatoms. The van der Waals surface area contributed by atoms with Crippen LogP contribution >= 0.6 is 0 Å². The van der Waals surface area contributed by atoms with E-state index < -0.39 is 0 Å². The van der Waals surface area contributed by atoms with Crippen LogP contribution in [0.2, 0.25) is 0 Å². The van der Waals surface area contributed by atoms with Crippen LogP contribution in [0.5, 0.6) is 0 Å². The van der Waals surface area contributed by atoms with E-state index in [1.54, 1.807) is 0 Å². The molecule has 150 valence electrons. The Labute approximate surface area is 173 Å². The van der Waals surface area contributed by atoms with Gasteiger partial charge in [0.2, 0.25) is 0 Å². The molecule has 0 unspecified atom stereocenters. The summed E-state index contributed by atoms with van der Waals surface area (Å²) in [6.07, 6.45) is 0. The zero-order valence-electron chi connectivity index (χ0n) is 19.1. The van der Waals surface area contributed by atoms with Gasteiger partial charge in [-0.3, -0.25) is 0 Å². The van der Waals surface area contributed by atoms with Crippen LogP contribution in [0.4, 0.5) is 0 Å². The summed E-state index contributed by atoms with van der Waals surface area (Å²) in [7, 11) is 0. The van der Waals surface area contributed by atoms with E-state index in [0.717, 1.165) is 0 Å². The van der Waals surface area contributed by atoms with Gasteiger partial charge in [-0.05, 0) is 35.8 Å². The van der Waals surface area contributed by atoms with Crippen molar-refractivity contribution >= 4 is 0 Å². The minimum absolute atomic E-state index is 0.285. The molecule has 0 radical (unpaired) electrons. The molecule has 0 aliphatic carbocycles. The van der Waals surface area contributed by atoms with Crippen molar-refractivity contribution in [1.29, 1.82) is 0 Å². The lowest BCUT2D eigenvalue weighted by molar-refractivity contribution is 0.590. The summed E-state index contributed by atoms with van der Waals surface area (Å²) in [4.78, 5) is 0. The maximum Gasteiger partial charge on any atom is -0.0132 e. The minimum atomic E-state index is 0.285. The van der Waals surface area contributed by atoms with Gasteiger partial charge in [0.1, 0.15) is 0 Å². The van der Waals surface area contributed by atoms with E-state index >= 15 is 0 Å². The fourth-order valence-corrected chi connectivity index (χ4v) is 2.49. The highest BCUT2D eigenvalue weighted by molar-refractivity contribution is 5.27. The third kappa shape index (κ3) is 9.55. The first-order valence-corrected chi connectivity index (χ1v) is 10.1. The summed E-state index contributed by atoms with van der Waals surface area (Å²) in [5.41, 5.74) is 6.05. The van der Waals surface area contributed by atoms with Crippen LogP contribution in [0.3, 0.4) is 0 Å². The molecule has 0 fully saturated rings. The maximum atomic E-state index is 2.23. The predicted molar refractivity (Wildman–Crippen MR) is 126 cm³/mol. The molecule has 0 aromatic heterocycles. The summed E-state index contributed by atoms with van der Waals surface area (Å²) in [5, 5.41) is 0. The van der Waals surface area contributed by atoms with Crippen LogP contribution in [0.1, 0.15) is 63.8 Å². The lowest BCUT2D eigenvalue weighted by Crippen LogP contribution is -2.10. The number of benzene rings is 3. The molecule has 28 heavy (non-hydrogen) atoms. The highest BCUT2D eigenvalue weighted by atomic mass is 14.2. The second-order valence-electron chi connectivity index (χ2n) is 9.39. The molecule has 3 aromatic rings. The van der Waals surface area contributed by atoms with Gasteiger partial charge in [0.15, 0.2) is 0 Å². The molecule has 0 aliphatic rings. The Hall–Kier alpha value is -2.34. The van der Waals surface area contributed by atoms with Crippen molar-refractivity contribution in [2.75, 3.05) is 0 Å². The third-order valence-electron chi connectivity index (χ3n) is 4.50. The van der Waals surface area contributed by atoms with E-state index in [4.69, 9.17) is 0 Å². The molecule has 0 heterocycles. The van der Waals surface area contributed by atoms with E-state index in [-0.39, 0.29) is 10.8 Å². The molecule has 0 amide bonds. The molecule has 0 saturated heterocycles. The molecular weight excluding hydrogens is 336 g/mol. The highest BCUT2D eigenvalue weighted by Crippen LogP contribution is 2.22. The quantitative estimate of drug-likeness (QED) is 0.371. The first-order valence-electron chi connectivity index (χ1n) is 10.1. The van der Waals surface area contributed by atoms with Gasteiger partial charge < -0.3 is 0 Å². The lowest BCUT2D eigenvalue weighted by Gasteiger charge is -2.18. The van der Waals surface area contributed by atoms with Crippen molar-refractivity contribution in [3.05, 3.63) is 107 Å². The normalized spacial score (nSPS) is 10.9. The van der Waals surface area contributed by atoms with Gasteiger partial charge in [-0.25, -0.2) is 0 Å². The van der Waals surface area contributed by atoms with Crippen molar-refractivity contribution in [2.24, 2.45) is 0 Å². The molecule has 3 aromatic carbocycles. The molecule has 0 N–H and O–H groups in total. The van der Waals surface area contributed by atoms with E-state index in [0.29, 0.717) is 0 Å². The van der Waals surface area contributed by atoms with Crippen molar-refractivity contribution < 1.29 is 0 Å². The largest absolute Gasteiger partial charge is 0.0623 e.